The monoisotopic (exact) mass is 297 g/mol. The summed E-state index contributed by atoms with van der Waals surface area (Å²) in [6.45, 7) is 7.48. The second kappa shape index (κ2) is 7.07. The van der Waals surface area contributed by atoms with E-state index in [9.17, 15) is 4.79 Å². The second-order valence-electron chi connectivity index (χ2n) is 5.81. The van der Waals surface area contributed by atoms with Crippen LogP contribution in [0.25, 0.3) is 0 Å². The summed E-state index contributed by atoms with van der Waals surface area (Å²) in [6.07, 6.45) is 1.14. The second-order valence-corrected chi connectivity index (χ2v) is 5.81. The van der Waals surface area contributed by atoms with Crippen LogP contribution in [0.3, 0.4) is 0 Å². The maximum Gasteiger partial charge on any atom is 0.221 e. The molecule has 3 N–H and O–H groups in total. The molecule has 1 fully saturated rings. The minimum atomic E-state index is -0.0272. The molecule has 1 aliphatic rings. The van der Waals surface area contributed by atoms with Gasteiger partial charge in [0.1, 0.15) is 0 Å². The van der Waals surface area contributed by atoms with Gasteiger partial charge in [-0.2, -0.15) is 0 Å². The van der Waals surface area contributed by atoms with E-state index in [0.29, 0.717) is 0 Å². The lowest BCUT2D eigenvalue weighted by molar-refractivity contribution is -0.114. The Balaban J connectivity index is 0.00000200. The molecule has 0 aromatic heterocycles. The van der Waals surface area contributed by atoms with E-state index in [1.54, 1.807) is 0 Å². The van der Waals surface area contributed by atoms with Crippen LogP contribution in [-0.4, -0.2) is 30.4 Å². The molecule has 1 heterocycles. The van der Waals surface area contributed by atoms with Crippen molar-refractivity contribution in [1.82, 2.24) is 4.90 Å². The van der Waals surface area contributed by atoms with Crippen molar-refractivity contribution in [1.29, 1.82) is 0 Å². The van der Waals surface area contributed by atoms with Gasteiger partial charge in [-0.25, -0.2) is 0 Å². The zero-order valence-electron chi connectivity index (χ0n) is 12.2. The Morgan fingerprint density at radius 3 is 2.75 bits per heavy atom. The summed E-state index contributed by atoms with van der Waals surface area (Å²) in [4.78, 5) is 13.6. The fourth-order valence-electron chi connectivity index (χ4n) is 2.64. The van der Waals surface area contributed by atoms with Crippen LogP contribution < -0.4 is 11.1 Å². The summed E-state index contributed by atoms with van der Waals surface area (Å²) in [7, 11) is 0. The molecule has 1 unspecified atom stereocenters. The van der Waals surface area contributed by atoms with Gasteiger partial charge in [-0.05, 0) is 36.6 Å². The molecule has 1 saturated heterocycles. The number of carbonyl (C=O) groups is 1. The number of amides is 1. The lowest BCUT2D eigenvalue weighted by Crippen LogP contribution is -2.31. The van der Waals surface area contributed by atoms with Gasteiger partial charge in [0.05, 0.1) is 0 Å². The molecule has 5 heteroatoms. The molecule has 20 heavy (non-hydrogen) atoms. The number of likely N-dealkylation sites (tertiary alicyclic amines) is 1. The highest BCUT2D eigenvalue weighted by atomic mass is 35.5. The van der Waals surface area contributed by atoms with E-state index < -0.39 is 0 Å². The van der Waals surface area contributed by atoms with Gasteiger partial charge in [-0.15, -0.1) is 12.4 Å². The van der Waals surface area contributed by atoms with E-state index in [0.717, 1.165) is 38.3 Å². The first-order chi connectivity index (χ1) is 9.02. The van der Waals surface area contributed by atoms with Gasteiger partial charge >= 0.3 is 0 Å². The third-order valence-corrected chi connectivity index (χ3v) is 3.85. The third-order valence-electron chi connectivity index (χ3n) is 3.85. The van der Waals surface area contributed by atoms with E-state index in [4.69, 9.17) is 5.73 Å². The fourth-order valence-corrected chi connectivity index (χ4v) is 2.64. The normalized spacial score (nSPS) is 22.4. The van der Waals surface area contributed by atoms with Crippen LogP contribution in [0.2, 0.25) is 0 Å². The third kappa shape index (κ3) is 4.20. The van der Waals surface area contributed by atoms with Crippen molar-refractivity contribution in [2.24, 2.45) is 11.1 Å². The molecule has 1 atom stereocenters. The first kappa shape index (κ1) is 17.0. The molecule has 112 valence electrons. The van der Waals surface area contributed by atoms with Gasteiger partial charge < -0.3 is 11.1 Å². The highest BCUT2D eigenvalue weighted by Crippen LogP contribution is 2.30. The Kier molecular flexibility index (Phi) is 5.99. The van der Waals surface area contributed by atoms with Crippen molar-refractivity contribution in [2.45, 2.75) is 26.8 Å². The Bertz CT molecular complexity index is 466. The first-order valence-electron chi connectivity index (χ1n) is 6.80. The molecule has 4 nitrogen and oxygen atoms in total. The van der Waals surface area contributed by atoms with Crippen LogP contribution in [0.5, 0.6) is 0 Å². The molecule has 1 amide bonds. The number of benzene rings is 1. The predicted molar refractivity (Wildman–Crippen MR) is 85.0 cm³/mol. The van der Waals surface area contributed by atoms with Crippen LogP contribution in [0, 0.1) is 5.41 Å². The molecule has 0 spiro atoms. The lowest BCUT2D eigenvalue weighted by atomic mass is 9.90. The SMILES string of the molecule is CC(=O)Nc1ccccc1CN1CCC(C)(CN)C1.Cl. The maximum absolute atomic E-state index is 11.2. The Morgan fingerprint density at radius 2 is 2.15 bits per heavy atom. The van der Waals surface area contributed by atoms with Gasteiger partial charge in [-0.3, -0.25) is 9.69 Å². The Morgan fingerprint density at radius 1 is 1.45 bits per heavy atom. The molecular formula is C15H24ClN3O. The average Bonchev–Trinajstić information content (AvgIpc) is 2.74. The van der Waals surface area contributed by atoms with Crippen molar-refractivity contribution in [3.8, 4) is 0 Å². The van der Waals surface area contributed by atoms with Crippen molar-refractivity contribution in [2.75, 3.05) is 25.0 Å². The number of hydrogen-bond acceptors (Lipinski definition) is 3. The van der Waals surface area contributed by atoms with Gasteiger partial charge in [-0.1, -0.05) is 25.1 Å². The van der Waals surface area contributed by atoms with Crippen molar-refractivity contribution in [3.63, 3.8) is 0 Å². The standard InChI is InChI=1S/C15H23N3O.ClH/c1-12(19)17-14-6-4-3-5-13(14)9-18-8-7-15(2,10-16)11-18;/h3-6H,7-11,16H2,1-2H3,(H,17,19);1H. The number of nitrogens with two attached hydrogens (primary N) is 1. The highest BCUT2D eigenvalue weighted by Gasteiger charge is 2.32. The van der Waals surface area contributed by atoms with Gasteiger partial charge in [0.15, 0.2) is 0 Å². The van der Waals surface area contributed by atoms with Crippen molar-refractivity contribution in [3.05, 3.63) is 29.8 Å². The maximum atomic E-state index is 11.2. The summed E-state index contributed by atoms with van der Waals surface area (Å²) < 4.78 is 0. The quantitative estimate of drug-likeness (QED) is 0.896. The largest absolute Gasteiger partial charge is 0.330 e. The minimum absolute atomic E-state index is 0. The molecule has 2 rings (SSSR count). The van der Waals surface area contributed by atoms with Crippen LogP contribution in [-0.2, 0) is 11.3 Å². The molecular weight excluding hydrogens is 274 g/mol. The number of hydrogen-bond donors (Lipinski definition) is 2. The van der Waals surface area contributed by atoms with Gasteiger partial charge in [0.2, 0.25) is 5.91 Å². The van der Waals surface area contributed by atoms with Crippen molar-refractivity contribution < 1.29 is 4.79 Å². The van der Waals surface area contributed by atoms with Gasteiger partial charge in [0.25, 0.3) is 0 Å². The smallest absolute Gasteiger partial charge is 0.221 e. The molecule has 1 aromatic carbocycles. The molecule has 1 aromatic rings. The van der Waals surface area contributed by atoms with E-state index >= 15 is 0 Å². The number of anilines is 1. The van der Waals surface area contributed by atoms with Crippen LogP contribution >= 0.6 is 12.4 Å². The lowest BCUT2D eigenvalue weighted by Gasteiger charge is -2.23. The van der Waals surface area contributed by atoms with E-state index in [2.05, 4.69) is 23.2 Å². The van der Waals surface area contributed by atoms with Crippen LogP contribution in [0.15, 0.2) is 24.3 Å². The molecule has 1 aliphatic heterocycles. The Labute approximate surface area is 127 Å². The van der Waals surface area contributed by atoms with Crippen LogP contribution in [0.1, 0.15) is 25.8 Å². The van der Waals surface area contributed by atoms with E-state index in [1.807, 2.05) is 18.2 Å². The van der Waals surface area contributed by atoms with Crippen LogP contribution in [0.4, 0.5) is 5.69 Å². The molecule has 0 radical (unpaired) electrons. The summed E-state index contributed by atoms with van der Waals surface area (Å²) in [5, 5.41) is 2.89. The topological polar surface area (TPSA) is 58.4 Å². The number of rotatable bonds is 4. The predicted octanol–water partition coefficient (Wildman–Crippen LogP) is 2.24. The average molecular weight is 298 g/mol. The molecule has 0 bridgehead atoms. The summed E-state index contributed by atoms with van der Waals surface area (Å²) in [5.41, 5.74) is 8.15. The number of nitrogens with one attached hydrogen (secondary N) is 1. The number of halogens is 1. The zero-order chi connectivity index (χ0) is 13.9. The molecule has 0 saturated carbocycles. The zero-order valence-corrected chi connectivity index (χ0v) is 13.0. The van der Waals surface area contributed by atoms with Crippen molar-refractivity contribution >= 4 is 24.0 Å². The number of nitrogens with zero attached hydrogens (tertiary/aromatic N) is 1. The summed E-state index contributed by atoms with van der Waals surface area (Å²) in [6, 6.07) is 7.99. The van der Waals surface area contributed by atoms with Gasteiger partial charge in [0, 0.05) is 25.7 Å². The molecule has 0 aliphatic carbocycles. The number of para-hydroxylation sites is 1. The Hall–Kier alpha value is -1.10. The van der Waals surface area contributed by atoms with E-state index in [-0.39, 0.29) is 23.7 Å². The number of carbonyl (C=O) groups excluding carboxylic acids is 1. The highest BCUT2D eigenvalue weighted by molar-refractivity contribution is 5.89. The summed E-state index contributed by atoms with van der Waals surface area (Å²) in [5.74, 6) is -0.0272. The first-order valence-corrected chi connectivity index (χ1v) is 6.80. The fraction of sp³-hybridized carbons (Fsp3) is 0.533. The van der Waals surface area contributed by atoms with E-state index in [1.165, 1.54) is 12.5 Å². The minimum Gasteiger partial charge on any atom is -0.330 e. The summed E-state index contributed by atoms with van der Waals surface area (Å²) >= 11 is 0.